The van der Waals surface area contributed by atoms with Crippen LogP contribution in [-0.2, 0) is 6.54 Å². The minimum atomic E-state index is -0.127. The molecule has 0 spiro atoms. The lowest BCUT2D eigenvalue weighted by molar-refractivity contribution is 0.0822. The zero-order valence-electron chi connectivity index (χ0n) is 10.3. The SMILES string of the molecule is CN(C)C(=O)c1cc(NCc2ccno2)ccn1. The van der Waals surface area contributed by atoms with Gasteiger partial charge in [0, 0.05) is 32.0 Å². The van der Waals surface area contributed by atoms with Crippen LogP contribution in [-0.4, -0.2) is 35.0 Å². The molecule has 18 heavy (non-hydrogen) atoms. The van der Waals surface area contributed by atoms with Crippen molar-refractivity contribution in [3.8, 4) is 0 Å². The molecule has 0 aromatic carbocycles. The Bertz CT molecular complexity index is 523. The van der Waals surface area contributed by atoms with Crippen LogP contribution in [0.2, 0.25) is 0 Å². The normalized spacial score (nSPS) is 10.1. The van der Waals surface area contributed by atoms with Crippen LogP contribution >= 0.6 is 0 Å². The molecular formula is C12H14N4O2. The quantitative estimate of drug-likeness (QED) is 0.882. The molecule has 0 aliphatic rings. The van der Waals surface area contributed by atoms with Gasteiger partial charge in [0.05, 0.1) is 12.7 Å². The van der Waals surface area contributed by atoms with Gasteiger partial charge in [0.2, 0.25) is 0 Å². The number of rotatable bonds is 4. The van der Waals surface area contributed by atoms with Crippen molar-refractivity contribution < 1.29 is 9.32 Å². The van der Waals surface area contributed by atoms with Crippen LogP contribution in [0, 0.1) is 0 Å². The molecule has 0 saturated carbocycles. The maximum atomic E-state index is 11.7. The Kier molecular flexibility index (Phi) is 3.57. The number of carbonyl (C=O) groups is 1. The second-order valence-electron chi connectivity index (χ2n) is 3.96. The van der Waals surface area contributed by atoms with E-state index in [0.29, 0.717) is 12.2 Å². The van der Waals surface area contributed by atoms with Gasteiger partial charge in [-0.3, -0.25) is 9.78 Å². The molecule has 0 bridgehead atoms. The molecule has 0 aliphatic carbocycles. The minimum Gasteiger partial charge on any atom is -0.378 e. The van der Waals surface area contributed by atoms with Crippen molar-refractivity contribution in [1.82, 2.24) is 15.0 Å². The summed E-state index contributed by atoms with van der Waals surface area (Å²) in [6.07, 6.45) is 3.18. The van der Waals surface area contributed by atoms with E-state index < -0.39 is 0 Å². The summed E-state index contributed by atoms with van der Waals surface area (Å²) in [4.78, 5) is 17.3. The lowest BCUT2D eigenvalue weighted by atomic mass is 10.3. The minimum absolute atomic E-state index is 0.127. The van der Waals surface area contributed by atoms with Crippen molar-refractivity contribution in [3.05, 3.63) is 42.0 Å². The van der Waals surface area contributed by atoms with Crippen LogP contribution < -0.4 is 5.32 Å². The van der Waals surface area contributed by atoms with Gasteiger partial charge in [-0.25, -0.2) is 0 Å². The molecule has 0 saturated heterocycles. The summed E-state index contributed by atoms with van der Waals surface area (Å²) >= 11 is 0. The number of anilines is 1. The molecule has 0 radical (unpaired) electrons. The monoisotopic (exact) mass is 246 g/mol. The molecule has 0 fully saturated rings. The molecule has 2 aromatic rings. The predicted molar refractivity (Wildman–Crippen MR) is 66.1 cm³/mol. The number of aromatic nitrogens is 2. The van der Waals surface area contributed by atoms with E-state index in [9.17, 15) is 4.79 Å². The topological polar surface area (TPSA) is 71.3 Å². The fraction of sp³-hybridized carbons (Fsp3) is 0.250. The molecule has 6 heteroatoms. The number of pyridine rings is 1. The largest absolute Gasteiger partial charge is 0.378 e. The van der Waals surface area contributed by atoms with Crippen molar-refractivity contribution in [1.29, 1.82) is 0 Å². The van der Waals surface area contributed by atoms with E-state index in [1.165, 1.54) is 4.90 Å². The van der Waals surface area contributed by atoms with Crippen LogP contribution in [0.4, 0.5) is 5.69 Å². The van der Waals surface area contributed by atoms with E-state index in [4.69, 9.17) is 4.52 Å². The standard InChI is InChI=1S/C12H14N4O2/c1-16(2)12(17)11-7-9(3-5-13-11)14-8-10-4-6-15-18-10/h3-7H,8H2,1-2H3,(H,13,14). The smallest absolute Gasteiger partial charge is 0.272 e. The second-order valence-corrected chi connectivity index (χ2v) is 3.96. The number of carbonyl (C=O) groups excluding carboxylic acids is 1. The lowest BCUT2D eigenvalue weighted by Gasteiger charge is -2.10. The van der Waals surface area contributed by atoms with Gasteiger partial charge >= 0.3 is 0 Å². The highest BCUT2D eigenvalue weighted by Crippen LogP contribution is 2.11. The third-order valence-corrected chi connectivity index (χ3v) is 2.34. The Hall–Kier alpha value is -2.37. The van der Waals surface area contributed by atoms with Crippen LogP contribution in [0.3, 0.4) is 0 Å². The van der Waals surface area contributed by atoms with Crippen molar-refractivity contribution >= 4 is 11.6 Å². The number of nitrogens with one attached hydrogen (secondary N) is 1. The molecule has 0 aliphatic heterocycles. The van der Waals surface area contributed by atoms with Gasteiger partial charge in [0.1, 0.15) is 5.69 Å². The van der Waals surface area contributed by atoms with E-state index in [1.54, 1.807) is 44.7 Å². The Balaban J connectivity index is 2.05. The van der Waals surface area contributed by atoms with Crippen molar-refractivity contribution in [2.45, 2.75) is 6.54 Å². The van der Waals surface area contributed by atoms with Gasteiger partial charge in [-0.05, 0) is 12.1 Å². The summed E-state index contributed by atoms with van der Waals surface area (Å²) in [6, 6.07) is 5.28. The average Bonchev–Trinajstić information content (AvgIpc) is 2.89. The second kappa shape index (κ2) is 5.31. The fourth-order valence-electron chi connectivity index (χ4n) is 1.41. The van der Waals surface area contributed by atoms with E-state index in [-0.39, 0.29) is 5.91 Å². The molecule has 2 aromatic heterocycles. The van der Waals surface area contributed by atoms with Gasteiger partial charge in [0.25, 0.3) is 5.91 Å². The van der Waals surface area contributed by atoms with Crippen molar-refractivity contribution in [2.24, 2.45) is 0 Å². The highest BCUT2D eigenvalue weighted by atomic mass is 16.5. The first kappa shape index (κ1) is 12.1. The average molecular weight is 246 g/mol. The maximum Gasteiger partial charge on any atom is 0.272 e. The maximum absolute atomic E-state index is 11.7. The number of hydrogen-bond acceptors (Lipinski definition) is 5. The van der Waals surface area contributed by atoms with Gasteiger partial charge in [-0.2, -0.15) is 0 Å². The van der Waals surface area contributed by atoms with Crippen molar-refractivity contribution in [2.75, 3.05) is 19.4 Å². The third kappa shape index (κ3) is 2.85. The van der Waals surface area contributed by atoms with Gasteiger partial charge < -0.3 is 14.7 Å². The van der Waals surface area contributed by atoms with E-state index in [1.807, 2.05) is 0 Å². The predicted octanol–water partition coefficient (Wildman–Crippen LogP) is 1.38. The highest BCUT2D eigenvalue weighted by molar-refractivity contribution is 5.92. The molecule has 1 N–H and O–H groups in total. The Morgan fingerprint density at radius 3 is 2.89 bits per heavy atom. The summed E-state index contributed by atoms with van der Waals surface area (Å²) in [5.74, 6) is 0.602. The zero-order chi connectivity index (χ0) is 13.0. The zero-order valence-corrected chi connectivity index (χ0v) is 10.3. The summed E-state index contributed by atoms with van der Waals surface area (Å²) in [7, 11) is 3.39. The highest BCUT2D eigenvalue weighted by Gasteiger charge is 2.09. The van der Waals surface area contributed by atoms with Gasteiger partial charge in [0.15, 0.2) is 5.76 Å². The Morgan fingerprint density at radius 2 is 2.22 bits per heavy atom. The van der Waals surface area contributed by atoms with Crippen LogP contribution in [0.5, 0.6) is 0 Å². The third-order valence-electron chi connectivity index (χ3n) is 2.34. The summed E-state index contributed by atoms with van der Waals surface area (Å²) in [5, 5.41) is 6.75. The van der Waals surface area contributed by atoms with E-state index in [0.717, 1.165) is 11.4 Å². The Morgan fingerprint density at radius 1 is 1.39 bits per heavy atom. The summed E-state index contributed by atoms with van der Waals surface area (Å²) < 4.78 is 4.97. The first-order valence-electron chi connectivity index (χ1n) is 5.48. The first-order chi connectivity index (χ1) is 8.66. The van der Waals surface area contributed by atoms with E-state index >= 15 is 0 Å². The van der Waals surface area contributed by atoms with Crippen molar-refractivity contribution in [3.63, 3.8) is 0 Å². The molecule has 0 atom stereocenters. The molecule has 94 valence electrons. The first-order valence-corrected chi connectivity index (χ1v) is 5.48. The number of hydrogen-bond donors (Lipinski definition) is 1. The number of nitrogens with zero attached hydrogens (tertiary/aromatic N) is 3. The molecule has 0 unspecified atom stereocenters. The van der Waals surface area contributed by atoms with Crippen LogP contribution in [0.1, 0.15) is 16.2 Å². The van der Waals surface area contributed by atoms with Gasteiger partial charge in [-0.1, -0.05) is 5.16 Å². The van der Waals surface area contributed by atoms with Crippen LogP contribution in [0.25, 0.3) is 0 Å². The van der Waals surface area contributed by atoms with Gasteiger partial charge in [-0.15, -0.1) is 0 Å². The molecule has 2 rings (SSSR count). The molecule has 1 amide bonds. The van der Waals surface area contributed by atoms with Crippen LogP contribution in [0.15, 0.2) is 35.1 Å². The van der Waals surface area contributed by atoms with E-state index in [2.05, 4.69) is 15.5 Å². The molecule has 6 nitrogen and oxygen atoms in total. The Labute approximate surface area is 105 Å². The fourth-order valence-corrected chi connectivity index (χ4v) is 1.41. The molecular weight excluding hydrogens is 232 g/mol. The molecule has 2 heterocycles. The number of amides is 1. The summed E-state index contributed by atoms with van der Waals surface area (Å²) in [6.45, 7) is 0.514. The lowest BCUT2D eigenvalue weighted by Crippen LogP contribution is -2.22. The summed E-state index contributed by atoms with van der Waals surface area (Å²) in [5.41, 5.74) is 1.22.